The summed E-state index contributed by atoms with van der Waals surface area (Å²) in [5.74, 6) is 2.84. The molecule has 0 aliphatic heterocycles. The van der Waals surface area contributed by atoms with E-state index in [-0.39, 0.29) is 35.6 Å². The van der Waals surface area contributed by atoms with Gasteiger partial charge >= 0.3 is 72.1 Å². The van der Waals surface area contributed by atoms with Crippen LogP contribution in [0.5, 0.6) is 11.5 Å². The summed E-state index contributed by atoms with van der Waals surface area (Å²) >= 11 is 1.99. The van der Waals surface area contributed by atoms with Crippen LogP contribution in [0.15, 0.2) is 40.8 Å². The molecule has 0 atom stereocenters. The molecule has 3 nitrogen and oxygen atoms in total. The Bertz CT molecular complexity index is 1060. The third kappa shape index (κ3) is 10.8. The zero-order valence-electron chi connectivity index (χ0n) is 23.6. The van der Waals surface area contributed by atoms with Crippen molar-refractivity contribution in [2.24, 2.45) is 0 Å². The van der Waals surface area contributed by atoms with E-state index in [1.165, 1.54) is 22.3 Å². The Morgan fingerprint density at radius 1 is 0.667 bits per heavy atom. The number of hydrogen-bond donors (Lipinski definition) is 2. The fourth-order valence-electron chi connectivity index (χ4n) is 3.41. The van der Waals surface area contributed by atoms with Gasteiger partial charge in [0, 0.05) is 0 Å². The van der Waals surface area contributed by atoms with Crippen molar-refractivity contribution in [3.05, 3.63) is 81.3 Å². The number of hydrogen-bond acceptors (Lipinski definition) is 3. The monoisotopic (exact) mass is 568 g/mol. The van der Waals surface area contributed by atoms with Crippen molar-refractivity contribution in [3.8, 4) is 11.5 Å². The van der Waals surface area contributed by atoms with E-state index in [1.807, 2.05) is 69.3 Å². The van der Waals surface area contributed by atoms with Crippen LogP contribution in [-0.2, 0) is 30.8 Å². The molecule has 0 aliphatic carbocycles. The van der Waals surface area contributed by atoms with Crippen LogP contribution in [0.2, 0.25) is 0 Å². The molecule has 0 fully saturated rings. The molecule has 6 heteroatoms. The maximum Gasteiger partial charge on any atom is -1.00 e. The summed E-state index contributed by atoms with van der Waals surface area (Å²) in [6.45, 7) is 22.8. The molecule has 1 heterocycles. The first-order chi connectivity index (χ1) is 15.5. The molecule has 3 aromatic rings. The van der Waals surface area contributed by atoms with Crippen LogP contribution >= 0.6 is 0 Å². The molecule has 36 heavy (non-hydrogen) atoms. The number of benzene rings is 2. The van der Waals surface area contributed by atoms with Gasteiger partial charge in [-0.25, -0.2) is 0 Å². The van der Waals surface area contributed by atoms with Crippen molar-refractivity contribution in [2.45, 2.75) is 87.0 Å². The third-order valence-electron chi connectivity index (χ3n) is 5.77. The number of furan rings is 1. The van der Waals surface area contributed by atoms with Crippen molar-refractivity contribution in [1.82, 2.24) is 0 Å². The number of aryl methyl sites for hydroxylation is 3. The first-order valence-corrected chi connectivity index (χ1v) is 12.6. The van der Waals surface area contributed by atoms with Gasteiger partial charge in [0.15, 0.2) is 0 Å². The largest absolute Gasteiger partial charge is 1.00 e. The van der Waals surface area contributed by atoms with Crippen LogP contribution in [-0.4, -0.2) is 14.5 Å². The van der Waals surface area contributed by atoms with Crippen LogP contribution in [0.1, 0.15) is 86.4 Å². The molecule has 0 saturated carbocycles. The predicted octanol–water partition coefficient (Wildman–Crippen LogP) is 1.91. The summed E-state index contributed by atoms with van der Waals surface area (Å²) in [4.78, 5) is 0. The maximum absolute atomic E-state index is 9.57. The van der Waals surface area contributed by atoms with E-state index in [0.29, 0.717) is 11.5 Å². The van der Waals surface area contributed by atoms with Gasteiger partial charge < -0.3 is 35.0 Å². The Kier molecular flexibility index (Phi) is 15.3. The van der Waals surface area contributed by atoms with E-state index < -0.39 is 0 Å². The molecule has 2 aromatic carbocycles. The smallest absolute Gasteiger partial charge is 1.00 e. The van der Waals surface area contributed by atoms with Gasteiger partial charge in [0.05, 0.1) is 0 Å². The maximum atomic E-state index is 9.57. The Morgan fingerprint density at radius 2 is 1.03 bits per heavy atom. The first-order valence-electron chi connectivity index (χ1n) is 11.7. The van der Waals surface area contributed by atoms with Gasteiger partial charge in [-0.2, -0.15) is 0 Å². The van der Waals surface area contributed by atoms with Crippen LogP contribution in [0, 0.1) is 34.6 Å². The van der Waals surface area contributed by atoms with Crippen molar-refractivity contribution in [3.63, 3.8) is 0 Å². The standard InChI is InChI=1S/2C11H16O.C8H10O.2ClH.Ti/c2*1-8-5-6-10(12)9(7-8)11(2,3)4;1-5-6(2)8(4)9-7(5)3;;;/h2*5-7,12H,1-4H3;3H,1-2,4H3;2*1H;/p-2. The van der Waals surface area contributed by atoms with Crippen molar-refractivity contribution < 1.29 is 59.4 Å². The quantitative estimate of drug-likeness (QED) is 0.441. The molecule has 1 aromatic heterocycles. The third-order valence-corrected chi connectivity index (χ3v) is 6.18. The van der Waals surface area contributed by atoms with E-state index in [2.05, 4.69) is 55.4 Å². The molecule has 2 N–H and O–H groups in total. The van der Waals surface area contributed by atoms with Crippen molar-refractivity contribution >= 4 is 4.31 Å². The van der Waals surface area contributed by atoms with Crippen LogP contribution in [0.4, 0.5) is 0 Å². The number of aromatic hydroxyl groups is 2. The second-order valence-corrected chi connectivity index (χ2v) is 11.4. The minimum atomic E-state index is 0. The Morgan fingerprint density at radius 3 is 1.22 bits per heavy atom. The van der Waals surface area contributed by atoms with Gasteiger partial charge in [-0.3, -0.25) is 0 Å². The summed E-state index contributed by atoms with van der Waals surface area (Å²) in [5, 5.41) is 19.1. The van der Waals surface area contributed by atoms with Gasteiger partial charge in [-0.15, -0.1) is 0 Å². The van der Waals surface area contributed by atoms with Crippen LogP contribution < -0.4 is 24.8 Å². The van der Waals surface area contributed by atoms with Gasteiger partial charge in [-0.05, 0) is 47.9 Å². The fourth-order valence-corrected chi connectivity index (χ4v) is 3.84. The second-order valence-electron chi connectivity index (χ2n) is 11.0. The first kappa shape index (κ1) is 36.6. The van der Waals surface area contributed by atoms with Crippen molar-refractivity contribution in [2.75, 3.05) is 0 Å². The van der Waals surface area contributed by atoms with E-state index >= 15 is 0 Å². The van der Waals surface area contributed by atoms with Gasteiger partial charge in [0.2, 0.25) is 0 Å². The van der Waals surface area contributed by atoms with E-state index in [1.54, 1.807) is 12.1 Å². The zero-order valence-corrected chi connectivity index (χ0v) is 26.7. The number of phenols is 2. The van der Waals surface area contributed by atoms with Gasteiger partial charge in [-0.1, -0.05) is 76.9 Å². The predicted molar refractivity (Wildman–Crippen MR) is 141 cm³/mol. The topological polar surface area (TPSA) is 53.6 Å². The molecule has 3 rings (SSSR count). The molecule has 0 amide bonds. The average Bonchev–Trinajstić information content (AvgIpc) is 2.97. The Hall–Kier alpha value is -1.52. The molecule has 0 bridgehead atoms. The van der Waals surface area contributed by atoms with Crippen molar-refractivity contribution in [1.29, 1.82) is 0 Å². The minimum Gasteiger partial charge on any atom is -1.00 e. The molecule has 0 spiro atoms. The van der Waals surface area contributed by atoms with E-state index in [4.69, 9.17) is 4.42 Å². The summed E-state index contributed by atoms with van der Waals surface area (Å²) in [7, 11) is 0. The molecule has 200 valence electrons. The molecule has 0 saturated heterocycles. The second kappa shape index (κ2) is 15.0. The summed E-state index contributed by atoms with van der Waals surface area (Å²) < 4.78 is 7.43. The summed E-state index contributed by atoms with van der Waals surface area (Å²) in [5.41, 5.74) is 7.00. The molecule has 0 radical (unpaired) electrons. The van der Waals surface area contributed by atoms with Crippen LogP contribution in [0.3, 0.4) is 0 Å². The Balaban J connectivity index is 0. The fraction of sp³-hybridized carbons (Fsp3) is 0.433. The SMILES string of the molecule is Cc1ccc(O)c(C(C)(C)C)c1.Cc1ccc(O)c(C(C)(C)C)c1.Cc1oc([CH]=[Ti])c(C)c1C.[Cl-].[Cl-]. The van der Waals surface area contributed by atoms with Crippen LogP contribution in [0.25, 0.3) is 0 Å². The van der Waals surface area contributed by atoms with E-state index in [9.17, 15) is 10.2 Å². The number of halogens is 2. The molecular weight excluding hydrogens is 527 g/mol. The molecular formula is C30H42Cl2O3Ti-2. The molecule has 0 aliphatic rings. The minimum absolute atomic E-state index is 0. The molecule has 0 unspecified atom stereocenters. The Labute approximate surface area is 242 Å². The normalized spacial score (nSPS) is 10.5. The summed E-state index contributed by atoms with van der Waals surface area (Å²) in [6, 6.07) is 11.4. The van der Waals surface area contributed by atoms with E-state index in [0.717, 1.165) is 22.6 Å². The number of rotatable bonds is 1. The average molecular weight is 569 g/mol. The van der Waals surface area contributed by atoms with Gasteiger partial charge in [0.25, 0.3) is 0 Å². The zero-order chi connectivity index (χ0) is 26.4. The van der Waals surface area contributed by atoms with Gasteiger partial charge in [0.1, 0.15) is 11.5 Å². The number of phenolic OH excluding ortho intramolecular Hbond substituents is 2. The summed E-state index contributed by atoms with van der Waals surface area (Å²) in [6.07, 6.45) is 0.